The van der Waals surface area contributed by atoms with Gasteiger partial charge in [0.05, 0.1) is 27.4 Å². The zero-order valence-corrected chi connectivity index (χ0v) is 17.8. The minimum Gasteiger partial charge on any atom is -0.455 e. The highest BCUT2D eigenvalue weighted by Crippen LogP contribution is 2.33. The summed E-state index contributed by atoms with van der Waals surface area (Å²) >= 11 is 6.17. The predicted octanol–water partition coefficient (Wildman–Crippen LogP) is 5.15. The molecule has 8 heteroatoms. The number of amides is 2. The number of aromatic nitrogens is 1. The Hall–Kier alpha value is -4.23. The van der Waals surface area contributed by atoms with Crippen LogP contribution in [0.5, 0.6) is 0 Å². The van der Waals surface area contributed by atoms with Crippen molar-refractivity contribution in [3.05, 3.63) is 106 Å². The number of hydrogen-bond donors (Lipinski definition) is 0. The number of esters is 1. The summed E-state index contributed by atoms with van der Waals surface area (Å²) in [5, 5.41) is 4.19. The van der Waals surface area contributed by atoms with Crippen LogP contribution in [0.1, 0.15) is 36.8 Å². The zero-order valence-electron chi connectivity index (χ0n) is 17.0. The van der Waals surface area contributed by atoms with Crippen molar-refractivity contribution in [1.29, 1.82) is 0 Å². The number of benzene rings is 3. The van der Waals surface area contributed by atoms with Crippen molar-refractivity contribution >= 4 is 35.1 Å². The summed E-state index contributed by atoms with van der Waals surface area (Å²) in [7, 11) is 0. The van der Waals surface area contributed by atoms with Crippen LogP contribution < -0.4 is 4.90 Å². The van der Waals surface area contributed by atoms with Crippen molar-refractivity contribution in [3.8, 4) is 11.3 Å². The number of hydrogen-bond acceptors (Lipinski definition) is 6. The fraction of sp³-hybridized carbons (Fsp3) is 0.0400. The van der Waals surface area contributed by atoms with E-state index >= 15 is 0 Å². The van der Waals surface area contributed by atoms with E-state index in [0.717, 1.165) is 10.5 Å². The van der Waals surface area contributed by atoms with Crippen molar-refractivity contribution < 1.29 is 23.6 Å². The second-order valence-electron chi connectivity index (χ2n) is 7.28. The van der Waals surface area contributed by atoms with Crippen molar-refractivity contribution in [2.24, 2.45) is 0 Å². The van der Waals surface area contributed by atoms with E-state index in [0.29, 0.717) is 11.5 Å². The van der Waals surface area contributed by atoms with E-state index in [1.807, 2.05) is 30.3 Å². The number of fused-ring (bicyclic) bond motifs is 1. The molecule has 0 bridgehead atoms. The van der Waals surface area contributed by atoms with Gasteiger partial charge >= 0.3 is 5.97 Å². The zero-order chi connectivity index (χ0) is 22.9. The van der Waals surface area contributed by atoms with Gasteiger partial charge in [0, 0.05) is 11.6 Å². The van der Waals surface area contributed by atoms with E-state index in [4.69, 9.17) is 20.9 Å². The fourth-order valence-electron chi connectivity index (χ4n) is 3.56. The maximum Gasteiger partial charge on any atom is 0.338 e. The molecule has 0 saturated heterocycles. The molecule has 1 aromatic heterocycles. The summed E-state index contributed by atoms with van der Waals surface area (Å²) in [5.41, 5.74) is 2.03. The van der Waals surface area contributed by atoms with E-state index in [9.17, 15) is 14.4 Å². The molecule has 2 heterocycles. The number of nitrogens with zero attached hydrogens (tertiary/aromatic N) is 2. The lowest BCUT2D eigenvalue weighted by Gasteiger charge is -2.15. The lowest BCUT2D eigenvalue weighted by atomic mass is 10.1. The van der Waals surface area contributed by atoms with Gasteiger partial charge < -0.3 is 9.26 Å². The number of carbonyl (C=O) groups excluding carboxylic acids is 3. The highest BCUT2D eigenvalue weighted by molar-refractivity contribution is 6.39. The predicted molar refractivity (Wildman–Crippen MR) is 120 cm³/mol. The topological polar surface area (TPSA) is 89.7 Å². The Morgan fingerprint density at radius 3 is 2.42 bits per heavy atom. The normalized spacial score (nSPS) is 12.7. The number of carbonyl (C=O) groups is 3. The van der Waals surface area contributed by atoms with Crippen LogP contribution in [0.4, 0.5) is 5.69 Å². The number of para-hydroxylation sites is 1. The summed E-state index contributed by atoms with van der Waals surface area (Å²) in [6.07, 6.45) is 0. The van der Waals surface area contributed by atoms with Crippen LogP contribution in [0.3, 0.4) is 0 Å². The standard InChI is InChI=1S/C25H15ClN2O5/c26-20-8-4-5-9-21(20)28-23(29)18-11-10-16(12-19(18)24(28)30)25(31)32-14-17-13-22(33-27-17)15-6-2-1-3-7-15/h1-13H,14H2. The number of imide groups is 1. The smallest absolute Gasteiger partial charge is 0.338 e. The van der Waals surface area contributed by atoms with E-state index in [1.165, 1.54) is 18.2 Å². The Kier molecular flexibility index (Phi) is 5.24. The molecule has 4 aromatic rings. The van der Waals surface area contributed by atoms with Crippen molar-refractivity contribution in [1.82, 2.24) is 5.16 Å². The Balaban J connectivity index is 1.32. The number of anilines is 1. The van der Waals surface area contributed by atoms with Gasteiger partial charge in [0.1, 0.15) is 12.3 Å². The average molecular weight is 459 g/mol. The second-order valence-corrected chi connectivity index (χ2v) is 7.69. The molecular formula is C25H15ClN2O5. The van der Waals surface area contributed by atoms with Crippen LogP contribution in [-0.4, -0.2) is 22.9 Å². The van der Waals surface area contributed by atoms with Crippen LogP contribution in [0.2, 0.25) is 5.02 Å². The van der Waals surface area contributed by atoms with Gasteiger partial charge in [0.25, 0.3) is 11.8 Å². The monoisotopic (exact) mass is 458 g/mol. The molecule has 162 valence electrons. The van der Waals surface area contributed by atoms with Gasteiger partial charge in [-0.05, 0) is 30.3 Å². The molecule has 0 spiro atoms. The highest BCUT2D eigenvalue weighted by Gasteiger charge is 2.38. The van der Waals surface area contributed by atoms with Gasteiger partial charge in [0.2, 0.25) is 0 Å². The molecule has 1 aliphatic rings. The van der Waals surface area contributed by atoms with Crippen LogP contribution in [0.15, 0.2) is 83.4 Å². The Morgan fingerprint density at radius 2 is 1.64 bits per heavy atom. The molecule has 5 rings (SSSR count). The molecule has 0 fully saturated rings. The summed E-state index contributed by atoms with van der Waals surface area (Å²) in [4.78, 5) is 39.3. The molecule has 0 radical (unpaired) electrons. The average Bonchev–Trinajstić information content (AvgIpc) is 3.41. The maximum absolute atomic E-state index is 12.9. The minimum absolute atomic E-state index is 0.106. The first-order valence-corrected chi connectivity index (χ1v) is 10.4. The molecular weight excluding hydrogens is 444 g/mol. The first-order valence-electron chi connectivity index (χ1n) is 9.98. The van der Waals surface area contributed by atoms with Gasteiger partial charge in [0.15, 0.2) is 5.76 Å². The quantitative estimate of drug-likeness (QED) is 0.303. The van der Waals surface area contributed by atoms with Gasteiger partial charge in [-0.25, -0.2) is 9.69 Å². The van der Waals surface area contributed by atoms with Crippen molar-refractivity contribution in [2.75, 3.05) is 4.90 Å². The van der Waals surface area contributed by atoms with E-state index in [1.54, 1.807) is 30.3 Å². The summed E-state index contributed by atoms with van der Waals surface area (Å²) < 4.78 is 10.6. The number of rotatable bonds is 5. The van der Waals surface area contributed by atoms with E-state index in [-0.39, 0.29) is 34.0 Å². The Labute approximate surface area is 193 Å². The third-order valence-electron chi connectivity index (χ3n) is 5.18. The summed E-state index contributed by atoms with van der Waals surface area (Å²) in [5.74, 6) is -1.15. The van der Waals surface area contributed by atoms with E-state index in [2.05, 4.69) is 5.16 Å². The third kappa shape index (κ3) is 3.79. The summed E-state index contributed by atoms with van der Waals surface area (Å²) in [6, 6.07) is 21.9. The van der Waals surface area contributed by atoms with E-state index < -0.39 is 17.8 Å². The van der Waals surface area contributed by atoms with Crippen molar-refractivity contribution in [3.63, 3.8) is 0 Å². The molecule has 2 amide bonds. The van der Waals surface area contributed by atoms with Gasteiger partial charge in [-0.1, -0.05) is 59.2 Å². The molecule has 7 nitrogen and oxygen atoms in total. The number of halogens is 1. The molecule has 33 heavy (non-hydrogen) atoms. The first kappa shape index (κ1) is 20.7. The molecule has 1 aliphatic heterocycles. The highest BCUT2D eigenvalue weighted by atomic mass is 35.5. The fourth-order valence-corrected chi connectivity index (χ4v) is 3.78. The minimum atomic E-state index is -0.654. The maximum atomic E-state index is 12.9. The van der Waals surface area contributed by atoms with Crippen LogP contribution >= 0.6 is 11.6 Å². The largest absolute Gasteiger partial charge is 0.455 e. The van der Waals surface area contributed by atoms with Crippen molar-refractivity contribution in [2.45, 2.75) is 6.61 Å². The number of ether oxygens (including phenoxy) is 1. The van der Waals surface area contributed by atoms with Crippen LogP contribution in [0.25, 0.3) is 11.3 Å². The second kappa shape index (κ2) is 8.37. The van der Waals surface area contributed by atoms with Crippen LogP contribution in [0, 0.1) is 0 Å². The van der Waals surface area contributed by atoms with Gasteiger partial charge in [-0.3, -0.25) is 9.59 Å². The SMILES string of the molecule is O=C(OCc1cc(-c2ccccc2)on1)c1ccc2c(c1)C(=O)N(c1ccccc1Cl)C2=O. The Bertz CT molecular complexity index is 1400. The van der Waals surface area contributed by atoms with Crippen LogP contribution in [-0.2, 0) is 11.3 Å². The molecule has 0 aliphatic carbocycles. The molecule has 0 N–H and O–H groups in total. The Morgan fingerprint density at radius 1 is 0.909 bits per heavy atom. The lowest BCUT2D eigenvalue weighted by molar-refractivity contribution is 0.0464. The molecule has 0 unspecified atom stereocenters. The molecule has 3 aromatic carbocycles. The van der Waals surface area contributed by atoms with Gasteiger partial charge in [-0.2, -0.15) is 0 Å². The lowest BCUT2D eigenvalue weighted by Crippen LogP contribution is -2.29. The summed E-state index contributed by atoms with van der Waals surface area (Å²) in [6.45, 7) is -0.106. The van der Waals surface area contributed by atoms with Gasteiger partial charge in [-0.15, -0.1) is 0 Å². The third-order valence-corrected chi connectivity index (χ3v) is 5.50. The first-order chi connectivity index (χ1) is 16.0. The molecule has 0 saturated carbocycles. The molecule has 0 atom stereocenters.